The van der Waals surface area contributed by atoms with Crippen molar-refractivity contribution in [1.82, 2.24) is 0 Å². The van der Waals surface area contributed by atoms with Crippen LogP contribution in [-0.4, -0.2) is 62.4 Å². The lowest BCUT2D eigenvalue weighted by molar-refractivity contribution is -0.157. The number of benzene rings is 2. The van der Waals surface area contributed by atoms with Crippen molar-refractivity contribution < 1.29 is 38.1 Å². The van der Waals surface area contributed by atoms with Crippen molar-refractivity contribution in [3.63, 3.8) is 0 Å². The summed E-state index contributed by atoms with van der Waals surface area (Å²) >= 11 is 0. The van der Waals surface area contributed by atoms with Crippen LogP contribution in [0.3, 0.4) is 0 Å². The van der Waals surface area contributed by atoms with Crippen molar-refractivity contribution >= 4 is 35.3 Å². The topological polar surface area (TPSA) is 129 Å². The molecule has 0 saturated carbocycles. The third-order valence-electron chi connectivity index (χ3n) is 5.03. The maximum atomic E-state index is 12.2. The van der Waals surface area contributed by atoms with Crippen LogP contribution in [0.4, 0.5) is 11.4 Å². The third kappa shape index (κ3) is 9.14. The normalized spacial score (nSPS) is 10.5. The minimum absolute atomic E-state index is 0.149. The molecule has 0 aromatic heterocycles. The van der Waals surface area contributed by atoms with E-state index in [0.717, 1.165) is 11.1 Å². The molecule has 0 saturated heterocycles. The summed E-state index contributed by atoms with van der Waals surface area (Å²) in [5.41, 5.74) is 3.12. The molecule has 0 atom stereocenters. The predicted octanol–water partition coefficient (Wildman–Crippen LogP) is 3.09. The Bertz CT molecular complexity index is 918. The van der Waals surface area contributed by atoms with Gasteiger partial charge in [0.25, 0.3) is 0 Å². The molecule has 2 N–H and O–H groups in total. The van der Waals surface area contributed by atoms with Crippen LogP contribution in [0, 0.1) is 0 Å². The lowest BCUT2D eigenvalue weighted by Gasteiger charge is -2.17. The molecule has 200 valence electrons. The van der Waals surface area contributed by atoms with E-state index in [9.17, 15) is 19.2 Å². The second-order valence-corrected chi connectivity index (χ2v) is 7.73. The van der Waals surface area contributed by atoms with Crippen LogP contribution in [0.15, 0.2) is 48.5 Å². The molecule has 10 nitrogen and oxygen atoms in total. The molecule has 2 aromatic rings. The van der Waals surface area contributed by atoms with Gasteiger partial charge in [0.1, 0.15) is 0 Å². The molecule has 0 aliphatic carbocycles. The highest BCUT2D eigenvalue weighted by atomic mass is 16.6. The van der Waals surface area contributed by atoms with E-state index in [0.29, 0.717) is 17.8 Å². The number of carbonyl (C=O) groups is 4. The molecule has 2 aromatic carbocycles. The highest BCUT2D eigenvalue weighted by Gasteiger charge is 2.30. The van der Waals surface area contributed by atoms with Crippen LogP contribution >= 0.6 is 0 Å². The van der Waals surface area contributed by atoms with E-state index in [1.165, 1.54) is 0 Å². The van der Waals surface area contributed by atoms with Gasteiger partial charge < -0.3 is 29.6 Å². The molecule has 0 unspecified atom stereocenters. The molecule has 0 fully saturated rings. The van der Waals surface area contributed by atoms with Crippen LogP contribution in [0.1, 0.15) is 38.8 Å². The molecule has 0 radical (unpaired) electrons. The first-order valence-corrected chi connectivity index (χ1v) is 12.2. The number of carbonyl (C=O) groups excluding carboxylic acids is 4. The number of esters is 4. The molecule has 0 aliphatic rings. The van der Waals surface area contributed by atoms with E-state index in [4.69, 9.17) is 18.9 Å². The van der Waals surface area contributed by atoms with Gasteiger partial charge in [0.2, 0.25) is 12.1 Å². The van der Waals surface area contributed by atoms with Crippen LogP contribution in [0.25, 0.3) is 0 Å². The number of hydrogen-bond acceptors (Lipinski definition) is 10. The second-order valence-electron chi connectivity index (χ2n) is 7.73. The fourth-order valence-electron chi connectivity index (χ4n) is 3.34. The quantitative estimate of drug-likeness (QED) is 0.220. The maximum absolute atomic E-state index is 12.2. The average Bonchev–Trinajstić information content (AvgIpc) is 2.88. The fraction of sp³-hybridized carbons (Fsp3) is 0.407. The van der Waals surface area contributed by atoms with E-state index in [1.807, 2.05) is 24.3 Å². The molecule has 0 heterocycles. The summed E-state index contributed by atoms with van der Waals surface area (Å²) in [7, 11) is 0. The highest BCUT2D eigenvalue weighted by molar-refractivity contribution is 6.02. The first kappa shape index (κ1) is 29.2. The standard InChI is InChI=1S/C27H34N2O8/c1-5-34-24(30)22(25(31)35-6-2)28-20-13-9-18(10-14-20)17-19-11-15-21(16-12-19)29-23(26(32)36-7-3)27(33)37-8-4/h9-16,22-23,28-29H,5-8,17H2,1-4H3. The van der Waals surface area contributed by atoms with E-state index in [-0.39, 0.29) is 26.4 Å². The number of hydrogen-bond donors (Lipinski definition) is 2. The summed E-state index contributed by atoms with van der Waals surface area (Å²) in [6.07, 6.45) is 0.610. The van der Waals surface area contributed by atoms with Crippen molar-refractivity contribution in [2.24, 2.45) is 0 Å². The van der Waals surface area contributed by atoms with E-state index in [2.05, 4.69) is 10.6 Å². The smallest absolute Gasteiger partial charge is 0.340 e. The summed E-state index contributed by atoms with van der Waals surface area (Å²) in [5, 5.41) is 5.74. The molecule has 0 bridgehead atoms. The summed E-state index contributed by atoms with van der Waals surface area (Å²) in [6.45, 7) is 7.25. The van der Waals surface area contributed by atoms with Gasteiger partial charge in [0.05, 0.1) is 26.4 Å². The number of rotatable bonds is 14. The number of ether oxygens (including phenoxy) is 4. The highest BCUT2D eigenvalue weighted by Crippen LogP contribution is 2.18. The van der Waals surface area contributed by atoms with Crippen LogP contribution in [-0.2, 0) is 44.5 Å². The third-order valence-corrected chi connectivity index (χ3v) is 5.03. The van der Waals surface area contributed by atoms with Gasteiger partial charge in [0.15, 0.2) is 0 Å². The zero-order chi connectivity index (χ0) is 27.2. The first-order chi connectivity index (χ1) is 17.8. The van der Waals surface area contributed by atoms with Gasteiger partial charge in [-0.2, -0.15) is 0 Å². The van der Waals surface area contributed by atoms with Gasteiger partial charge in [-0.1, -0.05) is 24.3 Å². The van der Waals surface area contributed by atoms with Gasteiger partial charge in [-0.05, 0) is 69.5 Å². The Labute approximate surface area is 216 Å². The Morgan fingerprint density at radius 1 is 0.541 bits per heavy atom. The lowest BCUT2D eigenvalue weighted by atomic mass is 10.0. The summed E-state index contributed by atoms with van der Waals surface area (Å²) in [5.74, 6) is -2.81. The summed E-state index contributed by atoms with van der Waals surface area (Å²) in [6, 6.07) is 12.1. The summed E-state index contributed by atoms with van der Waals surface area (Å²) in [4.78, 5) is 48.7. The molecule has 2 rings (SSSR count). The van der Waals surface area contributed by atoms with Crippen molar-refractivity contribution in [3.8, 4) is 0 Å². The van der Waals surface area contributed by atoms with Gasteiger partial charge in [-0.15, -0.1) is 0 Å². The van der Waals surface area contributed by atoms with Gasteiger partial charge in [-0.3, -0.25) is 0 Å². The first-order valence-electron chi connectivity index (χ1n) is 12.2. The minimum atomic E-state index is -1.25. The largest absolute Gasteiger partial charge is 0.464 e. The molecular formula is C27H34N2O8. The Kier molecular flexibility index (Phi) is 11.9. The Morgan fingerprint density at radius 2 is 0.811 bits per heavy atom. The number of nitrogens with one attached hydrogen (secondary N) is 2. The maximum Gasteiger partial charge on any atom is 0.340 e. The van der Waals surface area contributed by atoms with Crippen molar-refractivity contribution in [3.05, 3.63) is 59.7 Å². The Balaban J connectivity index is 2.04. The van der Waals surface area contributed by atoms with Crippen LogP contribution < -0.4 is 10.6 Å². The second kappa shape index (κ2) is 15.1. The molecule has 0 aliphatic heterocycles. The van der Waals surface area contributed by atoms with Crippen molar-refractivity contribution in [2.75, 3.05) is 37.1 Å². The Hall–Kier alpha value is -4.08. The van der Waals surface area contributed by atoms with Gasteiger partial charge >= 0.3 is 23.9 Å². The van der Waals surface area contributed by atoms with E-state index >= 15 is 0 Å². The fourth-order valence-corrected chi connectivity index (χ4v) is 3.34. The van der Waals surface area contributed by atoms with Gasteiger partial charge in [-0.25, -0.2) is 19.2 Å². The van der Waals surface area contributed by atoms with Crippen molar-refractivity contribution in [1.29, 1.82) is 0 Å². The minimum Gasteiger partial charge on any atom is -0.464 e. The molecule has 10 heteroatoms. The monoisotopic (exact) mass is 514 g/mol. The molecule has 0 amide bonds. The Morgan fingerprint density at radius 3 is 1.05 bits per heavy atom. The van der Waals surface area contributed by atoms with E-state index in [1.54, 1.807) is 52.0 Å². The predicted molar refractivity (Wildman–Crippen MR) is 137 cm³/mol. The summed E-state index contributed by atoms with van der Waals surface area (Å²) < 4.78 is 19.9. The zero-order valence-corrected chi connectivity index (χ0v) is 21.6. The molecular weight excluding hydrogens is 480 g/mol. The number of anilines is 2. The van der Waals surface area contributed by atoms with E-state index < -0.39 is 36.0 Å². The van der Waals surface area contributed by atoms with Crippen molar-refractivity contribution in [2.45, 2.75) is 46.2 Å². The molecule has 0 spiro atoms. The SMILES string of the molecule is CCOC(=O)C(Nc1ccc(Cc2ccc(NC(C(=O)OCC)C(=O)OCC)cc2)cc1)C(=O)OCC. The average molecular weight is 515 g/mol. The van der Waals surface area contributed by atoms with Crippen LogP contribution in [0.5, 0.6) is 0 Å². The zero-order valence-electron chi connectivity index (χ0n) is 21.6. The van der Waals surface area contributed by atoms with Gasteiger partial charge in [0, 0.05) is 11.4 Å². The molecule has 37 heavy (non-hydrogen) atoms. The lowest BCUT2D eigenvalue weighted by Crippen LogP contribution is -2.40. The van der Waals surface area contributed by atoms with Crippen LogP contribution in [0.2, 0.25) is 0 Å².